The molecule has 1 aliphatic heterocycles. The Morgan fingerprint density at radius 1 is 1.19 bits per heavy atom. The lowest BCUT2D eigenvalue weighted by molar-refractivity contribution is 0.108. The number of likely N-dealkylation sites (tertiary alicyclic amines) is 1. The molecule has 0 bridgehead atoms. The fourth-order valence-corrected chi connectivity index (χ4v) is 4.65. The molecule has 0 amide bonds. The summed E-state index contributed by atoms with van der Waals surface area (Å²) < 4.78 is 0. The van der Waals surface area contributed by atoms with Crippen LogP contribution in [0.5, 0.6) is 0 Å². The van der Waals surface area contributed by atoms with Gasteiger partial charge < -0.3 is 10.2 Å². The van der Waals surface area contributed by atoms with Gasteiger partial charge in [-0.05, 0) is 68.4 Å². The van der Waals surface area contributed by atoms with Gasteiger partial charge >= 0.3 is 0 Å². The molecule has 5 atom stereocenters. The summed E-state index contributed by atoms with van der Waals surface area (Å²) in [7, 11) is 0. The van der Waals surface area contributed by atoms with Gasteiger partial charge in [-0.1, -0.05) is 34.6 Å². The number of hydrogen-bond acceptors (Lipinski definition) is 2. The van der Waals surface area contributed by atoms with E-state index in [1.54, 1.807) is 0 Å². The maximum absolute atomic E-state index is 3.86. The highest BCUT2D eigenvalue weighted by atomic mass is 15.2. The zero-order valence-corrected chi connectivity index (χ0v) is 15.1. The molecule has 5 unspecified atom stereocenters. The summed E-state index contributed by atoms with van der Waals surface area (Å²) in [4.78, 5) is 2.77. The molecule has 0 aromatic carbocycles. The topological polar surface area (TPSA) is 15.3 Å². The fraction of sp³-hybridized carbons (Fsp3) is 1.00. The molecule has 2 fully saturated rings. The van der Waals surface area contributed by atoms with Gasteiger partial charge in [-0.15, -0.1) is 0 Å². The molecule has 21 heavy (non-hydrogen) atoms. The van der Waals surface area contributed by atoms with Crippen LogP contribution in [0, 0.1) is 29.6 Å². The van der Waals surface area contributed by atoms with E-state index in [0.717, 1.165) is 35.6 Å². The molecule has 2 heteroatoms. The van der Waals surface area contributed by atoms with Crippen LogP contribution < -0.4 is 5.32 Å². The standard InChI is InChI=1S/C19H38N2/c1-6-8-20-19-11-15(4)10-16(5)18(19)13-21-9-7-17(12-21)14(2)3/h14-20H,6-13H2,1-5H3. The number of nitrogens with one attached hydrogen (secondary N) is 1. The minimum absolute atomic E-state index is 0.752. The summed E-state index contributed by atoms with van der Waals surface area (Å²) in [6, 6.07) is 0.752. The van der Waals surface area contributed by atoms with Gasteiger partial charge in [0.05, 0.1) is 0 Å². The number of hydrogen-bond donors (Lipinski definition) is 1. The second-order valence-corrected chi connectivity index (χ2v) is 8.33. The van der Waals surface area contributed by atoms with Crippen LogP contribution >= 0.6 is 0 Å². The Morgan fingerprint density at radius 2 is 1.95 bits per heavy atom. The van der Waals surface area contributed by atoms with E-state index >= 15 is 0 Å². The molecular formula is C19H38N2. The Kier molecular flexibility index (Phi) is 6.55. The van der Waals surface area contributed by atoms with Crippen molar-refractivity contribution in [1.82, 2.24) is 10.2 Å². The van der Waals surface area contributed by atoms with E-state index in [2.05, 4.69) is 44.8 Å². The third kappa shape index (κ3) is 4.69. The van der Waals surface area contributed by atoms with E-state index in [9.17, 15) is 0 Å². The Balaban J connectivity index is 1.91. The van der Waals surface area contributed by atoms with Gasteiger partial charge in [-0.25, -0.2) is 0 Å². The Morgan fingerprint density at radius 3 is 2.57 bits per heavy atom. The van der Waals surface area contributed by atoms with Gasteiger partial charge in [0.25, 0.3) is 0 Å². The third-order valence-corrected chi connectivity index (χ3v) is 6.06. The first-order valence-electron chi connectivity index (χ1n) is 9.47. The Hall–Kier alpha value is -0.0800. The van der Waals surface area contributed by atoms with E-state index in [1.165, 1.54) is 51.9 Å². The molecular weight excluding hydrogens is 256 g/mol. The van der Waals surface area contributed by atoms with Gasteiger partial charge in [0.15, 0.2) is 0 Å². The first-order chi connectivity index (χ1) is 10.0. The molecule has 124 valence electrons. The SMILES string of the molecule is CCCNC1CC(C)CC(C)C1CN1CCC(C(C)C)C1. The first kappa shape index (κ1) is 17.3. The van der Waals surface area contributed by atoms with Crippen molar-refractivity contribution < 1.29 is 0 Å². The highest BCUT2D eigenvalue weighted by Crippen LogP contribution is 2.35. The molecule has 1 heterocycles. The average Bonchev–Trinajstić information content (AvgIpc) is 2.88. The van der Waals surface area contributed by atoms with Crippen LogP contribution in [0.2, 0.25) is 0 Å². The molecule has 0 aromatic heterocycles. The van der Waals surface area contributed by atoms with Gasteiger partial charge in [0, 0.05) is 19.1 Å². The van der Waals surface area contributed by atoms with Gasteiger partial charge in [-0.3, -0.25) is 0 Å². The second kappa shape index (κ2) is 7.97. The van der Waals surface area contributed by atoms with Crippen LogP contribution in [-0.2, 0) is 0 Å². The minimum Gasteiger partial charge on any atom is -0.314 e. The molecule has 0 spiro atoms. The van der Waals surface area contributed by atoms with Crippen LogP contribution in [0.25, 0.3) is 0 Å². The van der Waals surface area contributed by atoms with Gasteiger partial charge in [-0.2, -0.15) is 0 Å². The number of nitrogens with zero attached hydrogens (tertiary/aromatic N) is 1. The smallest absolute Gasteiger partial charge is 0.0113 e. The highest BCUT2D eigenvalue weighted by Gasteiger charge is 2.36. The zero-order valence-electron chi connectivity index (χ0n) is 15.1. The molecule has 2 rings (SSSR count). The third-order valence-electron chi connectivity index (χ3n) is 6.06. The first-order valence-corrected chi connectivity index (χ1v) is 9.47. The summed E-state index contributed by atoms with van der Waals surface area (Å²) >= 11 is 0. The molecule has 1 saturated carbocycles. The van der Waals surface area contributed by atoms with Crippen LogP contribution in [0.4, 0.5) is 0 Å². The summed E-state index contributed by atoms with van der Waals surface area (Å²) in [6.45, 7) is 17.2. The molecule has 1 saturated heterocycles. The van der Waals surface area contributed by atoms with Crippen molar-refractivity contribution in [1.29, 1.82) is 0 Å². The molecule has 1 aliphatic carbocycles. The quantitative estimate of drug-likeness (QED) is 0.796. The van der Waals surface area contributed by atoms with Crippen LogP contribution in [-0.4, -0.2) is 37.1 Å². The lowest BCUT2D eigenvalue weighted by Gasteiger charge is -2.42. The summed E-state index contributed by atoms with van der Waals surface area (Å²) in [5.41, 5.74) is 0. The van der Waals surface area contributed by atoms with Crippen molar-refractivity contribution in [2.45, 2.75) is 66.3 Å². The minimum atomic E-state index is 0.752. The van der Waals surface area contributed by atoms with Crippen molar-refractivity contribution >= 4 is 0 Å². The van der Waals surface area contributed by atoms with E-state index < -0.39 is 0 Å². The second-order valence-electron chi connectivity index (χ2n) is 8.33. The molecule has 0 aromatic rings. The Bertz CT molecular complexity index is 302. The predicted octanol–water partition coefficient (Wildman–Crippen LogP) is 4.01. The van der Waals surface area contributed by atoms with Crippen molar-refractivity contribution in [2.75, 3.05) is 26.2 Å². The van der Waals surface area contributed by atoms with Gasteiger partial charge in [0.1, 0.15) is 0 Å². The normalized spacial score (nSPS) is 38.3. The van der Waals surface area contributed by atoms with Crippen LogP contribution in [0.3, 0.4) is 0 Å². The van der Waals surface area contributed by atoms with E-state index in [-0.39, 0.29) is 0 Å². The van der Waals surface area contributed by atoms with E-state index in [1.807, 2.05) is 0 Å². The number of rotatable bonds is 6. The summed E-state index contributed by atoms with van der Waals surface area (Å²) in [5, 5.41) is 3.86. The fourth-order valence-electron chi connectivity index (χ4n) is 4.65. The summed E-state index contributed by atoms with van der Waals surface area (Å²) in [5.74, 6) is 4.42. The van der Waals surface area contributed by atoms with Crippen molar-refractivity contribution in [2.24, 2.45) is 29.6 Å². The predicted molar refractivity (Wildman–Crippen MR) is 92.5 cm³/mol. The molecule has 0 radical (unpaired) electrons. The molecule has 2 aliphatic rings. The maximum Gasteiger partial charge on any atom is 0.0113 e. The van der Waals surface area contributed by atoms with Gasteiger partial charge in [0.2, 0.25) is 0 Å². The highest BCUT2D eigenvalue weighted by molar-refractivity contribution is 4.91. The maximum atomic E-state index is 3.86. The lowest BCUT2D eigenvalue weighted by Crippen LogP contribution is -2.49. The zero-order chi connectivity index (χ0) is 15.4. The van der Waals surface area contributed by atoms with E-state index in [4.69, 9.17) is 0 Å². The molecule has 1 N–H and O–H groups in total. The van der Waals surface area contributed by atoms with Crippen LogP contribution in [0.1, 0.15) is 60.3 Å². The van der Waals surface area contributed by atoms with Crippen molar-refractivity contribution in [3.05, 3.63) is 0 Å². The molecule has 2 nitrogen and oxygen atoms in total. The largest absolute Gasteiger partial charge is 0.314 e. The Labute approximate surface area is 133 Å². The van der Waals surface area contributed by atoms with Crippen molar-refractivity contribution in [3.8, 4) is 0 Å². The monoisotopic (exact) mass is 294 g/mol. The summed E-state index contributed by atoms with van der Waals surface area (Å²) in [6.07, 6.45) is 5.49. The van der Waals surface area contributed by atoms with Crippen molar-refractivity contribution in [3.63, 3.8) is 0 Å². The van der Waals surface area contributed by atoms with E-state index in [0.29, 0.717) is 0 Å². The average molecular weight is 295 g/mol. The van der Waals surface area contributed by atoms with Crippen LogP contribution in [0.15, 0.2) is 0 Å². The lowest BCUT2D eigenvalue weighted by atomic mass is 9.72.